The normalized spacial score (nSPS) is 13.7. The fraction of sp³-hybridized carbons (Fsp3) is 0.333. The fourth-order valence-electron chi connectivity index (χ4n) is 2.08. The fourth-order valence-corrected chi connectivity index (χ4v) is 2.08. The summed E-state index contributed by atoms with van der Waals surface area (Å²) < 4.78 is 23.7. The van der Waals surface area contributed by atoms with E-state index in [2.05, 4.69) is 9.72 Å². The molecule has 22 heavy (non-hydrogen) atoms. The van der Waals surface area contributed by atoms with E-state index < -0.39 is 24.0 Å². The summed E-state index contributed by atoms with van der Waals surface area (Å²) in [6, 6.07) is 5.82. The standard InChI is InChI=1S/C15H16FNO5/c1-3-22-15(20)14(19)13(18)11-9(16)6-4-8-5-7-10(21-2)17-12(8)11/h4-7,13-14,18-19H,3H2,1-2H3/t13-,14+/m1/s1. The van der Waals surface area contributed by atoms with Gasteiger partial charge in [-0.05, 0) is 25.1 Å². The third kappa shape index (κ3) is 3.00. The highest BCUT2D eigenvalue weighted by atomic mass is 19.1. The van der Waals surface area contributed by atoms with Crippen LogP contribution in [0.5, 0.6) is 5.88 Å². The molecule has 0 aliphatic rings. The molecule has 0 amide bonds. The zero-order chi connectivity index (χ0) is 16.3. The van der Waals surface area contributed by atoms with Gasteiger partial charge in [-0.15, -0.1) is 0 Å². The lowest BCUT2D eigenvalue weighted by Gasteiger charge is -2.18. The monoisotopic (exact) mass is 309 g/mol. The van der Waals surface area contributed by atoms with Gasteiger partial charge in [-0.2, -0.15) is 0 Å². The maximum atomic E-state index is 14.1. The van der Waals surface area contributed by atoms with Crippen molar-refractivity contribution in [3.63, 3.8) is 0 Å². The maximum absolute atomic E-state index is 14.1. The molecule has 1 aromatic carbocycles. The van der Waals surface area contributed by atoms with Crippen LogP contribution >= 0.6 is 0 Å². The second-order valence-electron chi connectivity index (χ2n) is 4.53. The Balaban J connectivity index is 2.52. The number of ether oxygens (including phenoxy) is 2. The van der Waals surface area contributed by atoms with Gasteiger partial charge < -0.3 is 19.7 Å². The number of benzene rings is 1. The number of nitrogens with zero attached hydrogens (tertiary/aromatic N) is 1. The quantitative estimate of drug-likeness (QED) is 0.810. The highest BCUT2D eigenvalue weighted by Gasteiger charge is 2.31. The lowest BCUT2D eigenvalue weighted by Crippen LogP contribution is -2.30. The van der Waals surface area contributed by atoms with E-state index in [1.165, 1.54) is 13.2 Å². The highest BCUT2D eigenvalue weighted by Crippen LogP contribution is 2.29. The molecule has 0 aliphatic carbocycles. The summed E-state index contributed by atoms with van der Waals surface area (Å²) in [7, 11) is 1.40. The number of aromatic nitrogens is 1. The van der Waals surface area contributed by atoms with Crippen molar-refractivity contribution < 1.29 is 28.9 Å². The summed E-state index contributed by atoms with van der Waals surface area (Å²) in [6.45, 7) is 1.59. The summed E-state index contributed by atoms with van der Waals surface area (Å²) in [6.07, 6.45) is -3.71. The van der Waals surface area contributed by atoms with Gasteiger partial charge in [0, 0.05) is 17.0 Å². The number of carbonyl (C=O) groups is 1. The number of esters is 1. The Hall–Kier alpha value is -2.25. The van der Waals surface area contributed by atoms with Crippen molar-refractivity contribution >= 4 is 16.9 Å². The lowest BCUT2D eigenvalue weighted by atomic mass is 10.00. The van der Waals surface area contributed by atoms with Gasteiger partial charge >= 0.3 is 5.97 Å². The Morgan fingerprint density at radius 2 is 2.00 bits per heavy atom. The van der Waals surface area contributed by atoms with Crippen molar-refractivity contribution in [3.05, 3.63) is 35.6 Å². The van der Waals surface area contributed by atoms with Crippen LogP contribution in [-0.4, -0.2) is 41.0 Å². The molecule has 2 N–H and O–H groups in total. The first-order chi connectivity index (χ1) is 10.5. The molecule has 1 heterocycles. The third-order valence-corrected chi connectivity index (χ3v) is 3.15. The second kappa shape index (κ2) is 6.67. The molecule has 2 rings (SSSR count). The maximum Gasteiger partial charge on any atom is 0.338 e. The number of halogens is 1. The highest BCUT2D eigenvalue weighted by molar-refractivity contribution is 5.84. The minimum atomic E-state index is -1.91. The molecule has 2 aromatic rings. The Labute approximate surface area is 126 Å². The number of aliphatic hydroxyl groups is 2. The van der Waals surface area contributed by atoms with Crippen LogP contribution in [0.15, 0.2) is 24.3 Å². The molecule has 1 aromatic heterocycles. The van der Waals surface area contributed by atoms with E-state index in [0.717, 1.165) is 6.07 Å². The molecule has 0 fully saturated rings. The molecule has 0 radical (unpaired) electrons. The summed E-state index contributed by atoms with van der Waals surface area (Å²) in [5.41, 5.74) is -0.174. The van der Waals surface area contributed by atoms with Crippen LogP contribution in [0.2, 0.25) is 0 Å². The van der Waals surface area contributed by atoms with Gasteiger partial charge in [0.25, 0.3) is 0 Å². The van der Waals surface area contributed by atoms with Crippen LogP contribution in [-0.2, 0) is 9.53 Å². The van der Waals surface area contributed by atoms with Crippen LogP contribution in [0.25, 0.3) is 10.9 Å². The predicted molar refractivity (Wildman–Crippen MR) is 75.9 cm³/mol. The predicted octanol–water partition coefficient (Wildman–Crippen LogP) is 1.34. The van der Waals surface area contributed by atoms with Crippen molar-refractivity contribution in [2.24, 2.45) is 0 Å². The summed E-state index contributed by atoms with van der Waals surface area (Å²) in [5, 5.41) is 20.5. The van der Waals surface area contributed by atoms with E-state index in [1.54, 1.807) is 19.1 Å². The Morgan fingerprint density at radius 1 is 1.32 bits per heavy atom. The number of hydrogen-bond acceptors (Lipinski definition) is 6. The van der Waals surface area contributed by atoms with Gasteiger partial charge in [-0.1, -0.05) is 0 Å². The lowest BCUT2D eigenvalue weighted by molar-refractivity contribution is -0.159. The first kappa shape index (κ1) is 16.1. The number of methoxy groups -OCH3 is 1. The topological polar surface area (TPSA) is 88.9 Å². The van der Waals surface area contributed by atoms with Gasteiger partial charge in [-0.3, -0.25) is 0 Å². The summed E-state index contributed by atoms with van der Waals surface area (Å²) >= 11 is 0. The van der Waals surface area contributed by atoms with E-state index in [0.29, 0.717) is 5.39 Å². The first-order valence-electron chi connectivity index (χ1n) is 6.65. The van der Waals surface area contributed by atoms with Crippen molar-refractivity contribution in [3.8, 4) is 5.88 Å². The van der Waals surface area contributed by atoms with Crippen LogP contribution in [0.3, 0.4) is 0 Å². The first-order valence-corrected chi connectivity index (χ1v) is 6.65. The van der Waals surface area contributed by atoms with Gasteiger partial charge in [0.1, 0.15) is 11.9 Å². The van der Waals surface area contributed by atoms with E-state index >= 15 is 0 Å². The Kier molecular flexibility index (Phi) is 4.89. The van der Waals surface area contributed by atoms with Crippen LogP contribution in [0, 0.1) is 5.82 Å². The molecule has 6 nitrogen and oxygen atoms in total. The van der Waals surface area contributed by atoms with Crippen molar-refractivity contribution in [2.45, 2.75) is 19.1 Å². The van der Waals surface area contributed by atoms with Crippen LogP contribution in [0.4, 0.5) is 4.39 Å². The molecule has 0 spiro atoms. The van der Waals surface area contributed by atoms with Gasteiger partial charge in [0.15, 0.2) is 6.10 Å². The number of hydrogen-bond donors (Lipinski definition) is 2. The van der Waals surface area contributed by atoms with Gasteiger partial charge in [0.2, 0.25) is 5.88 Å². The zero-order valence-corrected chi connectivity index (χ0v) is 12.1. The Bertz CT molecular complexity index is 691. The second-order valence-corrected chi connectivity index (χ2v) is 4.53. The molecule has 0 unspecified atom stereocenters. The number of rotatable bonds is 5. The SMILES string of the molecule is CCOC(=O)[C@@H](O)[C@H](O)c1c(F)ccc2ccc(OC)nc12. The number of fused-ring (bicyclic) bond motifs is 1. The molecule has 0 saturated heterocycles. The average molecular weight is 309 g/mol. The van der Waals surface area contributed by atoms with E-state index in [4.69, 9.17) is 4.74 Å². The number of pyridine rings is 1. The minimum absolute atomic E-state index is 0.0344. The summed E-state index contributed by atoms with van der Waals surface area (Å²) in [5.74, 6) is -1.60. The molecular formula is C15H16FNO5. The van der Waals surface area contributed by atoms with E-state index in [-0.39, 0.29) is 23.6 Å². The molecule has 7 heteroatoms. The number of aliphatic hydroxyl groups excluding tert-OH is 2. The van der Waals surface area contributed by atoms with Crippen molar-refractivity contribution in [1.29, 1.82) is 0 Å². The minimum Gasteiger partial charge on any atom is -0.481 e. The van der Waals surface area contributed by atoms with E-state index in [9.17, 15) is 19.4 Å². The van der Waals surface area contributed by atoms with Crippen LogP contribution in [0.1, 0.15) is 18.6 Å². The molecule has 0 aliphatic heterocycles. The number of carbonyl (C=O) groups excluding carboxylic acids is 1. The molecule has 0 bridgehead atoms. The van der Waals surface area contributed by atoms with Crippen molar-refractivity contribution in [1.82, 2.24) is 4.98 Å². The van der Waals surface area contributed by atoms with Crippen LogP contribution < -0.4 is 4.74 Å². The molecule has 2 atom stereocenters. The average Bonchev–Trinajstić information content (AvgIpc) is 2.53. The third-order valence-electron chi connectivity index (χ3n) is 3.15. The Morgan fingerprint density at radius 3 is 2.64 bits per heavy atom. The van der Waals surface area contributed by atoms with Crippen molar-refractivity contribution in [2.75, 3.05) is 13.7 Å². The van der Waals surface area contributed by atoms with Gasteiger partial charge in [-0.25, -0.2) is 14.2 Å². The van der Waals surface area contributed by atoms with E-state index in [1.807, 2.05) is 0 Å². The molecular weight excluding hydrogens is 293 g/mol. The smallest absolute Gasteiger partial charge is 0.338 e. The largest absolute Gasteiger partial charge is 0.481 e. The zero-order valence-electron chi connectivity index (χ0n) is 12.1. The summed E-state index contributed by atoms with van der Waals surface area (Å²) in [4.78, 5) is 15.6. The van der Waals surface area contributed by atoms with Gasteiger partial charge in [0.05, 0.1) is 19.2 Å². The molecule has 118 valence electrons. The molecule has 0 saturated carbocycles.